The minimum atomic E-state index is -0.749. The zero-order chi connectivity index (χ0) is 20.2. The van der Waals surface area contributed by atoms with Gasteiger partial charge >= 0.3 is 0 Å². The molecule has 8 nitrogen and oxygen atoms in total. The molecule has 4 rings (SSSR count). The van der Waals surface area contributed by atoms with Crippen LogP contribution in [0.2, 0.25) is 0 Å². The number of nitro groups is 1. The first-order chi connectivity index (χ1) is 14.1. The largest absolute Gasteiger partial charge is 0.491 e. The third-order valence-electron chi connectivity index (χ3n) is 5.15. The van der Waals surface area contributed by atoms with Crippen molar-refractivity contribution < 1.29 is 19.5 Å². The van der Waals surface area contributed by atoms with Gasteiger partial charge in [0.05, 0.1) is 22.5 Å². The molecule has 1 fully saturated rings. The summed E-state index contributed by atoms with van der Waals surface area (Å²) in [7, 11) is 0. The Labute approximate surface area is 180 Å². The third-order valence-corrected chi connectivity index (χ3v) is 5.15. The predicted octanol–water partition coefficient (Wildman–Crippen LogP) is 3.70. The van der Waals surface area contributed by atoms with Crippen molar-refractivity contribution in [1.29, 1.82) is 0 Å². The number of imidazole rings is 1. The molecular weight excluding hydrogens is 410 g/mol. The van der Waals surface area contributed by atoms with Gasteiger partial charge in [0.25, 0.3) is 5.69 Å². The Morgan fingerprint density at radius 2 is 1.90 bits per heavy atom. The van der Waals surface area contributed by atoms with Crippen molar-refractivity contribution in [2.75, 3.05) is 19.8 Å². The fraction of sp³-hybridized carbons (Fsp3) is 0.381. The van der Waals surface area contributed by atoms with E-state index in [4.69, 9.17) is 14.5 Å². The lowest BCUT2D eigenvalue weighted by molar-refractivity contribution is -0.384. The first kappa shape index (κ1) is 22.0. The monoisotopic (exact) mass is 433 g/mol. The number of hydrogen-bond acceptors (Lipinski definition) is 6. The Morgan fingerprint density at radius 3 is 2.60 bits per heavy atom. The number of fused-ring (bicyclic) bond motifs is 1. The van der Waals surface area contributed by atoms with E-state index in [1.807, 2.05) is 24.3 Å². The standard InChI is InChI=1S/C21H23N3O5.ClH/c25-17(14-29-18-7-5-16(6-8-18)24(26)27)13-23-20-4-2-1-3-19(20)22-21(23)15-9-11-28-12-10-15;/h1-8,15,17,25H,9-14H2;1H. The van der Waals surface area contributed by atoms with Crippen molar-refractivity contribution in [3.63, 3.8) is 0 Å². The average Bonchev–Trinajstić information content (AvgIpc) is 3.11. The van der Waals surface area contributed by atoms with Crippen LogP contribution in [-0.2, 0) is 11.3 Å². The van der Waals surface area contributed by atoms with Crippen LogP contribution < -0.4 is 4.74 Å². The van der Waals surface area contributed by atoms with E-state index in [-0.39, 0.29) is 24.7 Å². The number of aliphatic hydroxyl groups excluding tert-OH is 1. The van der Waals surface area contributed by atoms with Crippen LogP contribution in [0.25, 0.3) is 11.0 Å². The quantitative estimate of drug-likeness (QED) is 0.450. The smallest absolute Gasteiger partial charge is 0.269 e. The summed E-state index contributed by atoms with van der Waals surface area (Å²) in [6.45, 7) is 1.89. The topological polar surface area (TPSA) is 99.7 Å². The van der Waals surface area contributed by atoms with E-state index in [2.05, 4.69) is 4.57 Å². The highest BCUT2D eigenvalue weighted by Gasteiger charge is 2.24. The van der Waals surface area contributed by atoms with Crippen molar-refractivity contribution in [3.8, 4) is 5.75 Å². The molecule has 1 aromatic heterocycles. The van der Waals surface area contributed by atoms with Crippen LogP contribution >= 0.6 is 12.4 Å². The molecule has 0 amide bonds. The number of aliphatic hydroxyl groups is 1. The molecule has 1 aliphatic heterocycles. The van der Waals surface area contributed by atoms with E-state index >= 15 is 0 Å². The normalized spacial score (nSPS) is 15.5. The van der Waals surface area contributed by atoms with Crippen LogP contribution in [0.5, 0.6) is 5.75 Å². The summed E-state index contributed by atoms with van der Waals surface area (Å²) in [5, 5.41) is 21.3. The van der Waals surface area contributed by atoms with Gasteiger partial charge in [-0.2, -0.15) is 0 Å². The fourth-order valence-electron chi connectivity index (χ4n) is 3.67. The zero-order valence-electron chi connectivity index (χ0n) is 16.3. The van der Waals surface area contributed by atoms with Gasteiger partial charge in [0, 0.05) is 31.3 Å². The Bertz CT molecular complexity index is 986. The molecule has 0 spiro atoms. The summed E-state index contributed by atoms with van der Waals surface area (Å²) in [4.78, 5) is 15.1. The highest BCUT2D eigenvalue weighted by molar-refractivity contribution is 5.85. The molecular formula is C21H24ClN3O5. The van der Waals surface area contributed by atoms with E-state index in [1.54, 1.807) is 0 Å². The number of nitro benzene ring substituents is 1. The zero-order valence-corrected chi connectivity index (χ0v) is 17.2. The van der Waals surface area contributed by atoms with Gasteiger partial charge in [0.15, 0.2) is 0 Å². The number of benzene rings is 2. The van der Waals surface area contributed by atoms with Gasteiger partial charge in [-0.3, -0.25) is 10.1 Å². The van der Waals surface area contributed by atoms with E-state index in [9.17, 15) is 15.2 Å². The van der Waals surface area contributed by atoms with Crippen LogP contribution in [0.15, 0.2) is 48.5 Å². The molecule has 1 unspecified atom stereocenters. The molecule has 1 N–H and O–H groups in total. The van der Waals surface area contributed by atoms with E-state index in [0.717, 1.165) is 42.9 Å². The highest BCUT2D eigenvalue weighted by Crippen LogP contribution is 2.29. The van der Waals surface area contributed by atoms with Crippen LogP contribution in [0.4, 0.5) is 5.69 Å². The molecule has 30 heavy (non-hydrogen) atoms. The summed E-state index contributed by atoms with van der Waals surface area (Å²) >= 11 is 0. The molecule has 0 radical (unpaired) electrons. The first-order valence-electron chi connectivity index (χ1n) is 9.70. The van der Waals surface area contributed by atoms with Gasteiger partial charge in [0.2, 0.25) is 0 Å². The maximum Gasteiger partial charge on any atom is 0.269 e. The summed E-state index contributed by atoms with van der Waals surface area (Å²) in [6.07, 6.45) is 1.08. The second-order valence-electron chi connectivity index (χ2n) is 7.17. The van der Waals surface area contributed by atoms with Gasteiger partial charge < -0.3 is 19.1 Å². The van der Waals surface area contributed by atoms with Crippen molar-refractivity contribution in [2.45, 2.75) is 31.4 Å². The van der Waals surface area contributed by atoms with Crippen LogP contribution in [0.1, 0.15) is 24.6 Å². The number of ether oxygens (including phenoxy) is 2. The Balaban J connectivity index is 0.00000256. The van der Waals surface area contributed by atoms with Gasteiger partial charge in [-0.1, -0.05) is 12.1 Å². The molecule has 1 atom stereocenters. The second kappa shape index (κ2) is 9.88. The number of non-ortho nitro benzene ring substituents is 1. The molecule has 0 saturated carbocycles. The number of aromatic nitrogens is 2. The highest BCUT2D eigenvalue weighted by atomic mass is 35.5. The molecule has 9 heteroatoms. The Kier molecular flexibility index (Phi) is 7.25. The molecule has 0 bridgehead atoms. The minimum Gasteiger partial charge on any atom is -0.491 e. The lowest BCUT2D eigenvalue weighted by atomic mass is 9.99. The Morgan fingerprint density at radius 1 is 1.20 bits per heavy atom. The summed E-state index contributed by atoms with van der Waals surface area (Å²) in [6, 6.07) is 13.7. The molecule has 1 saturated heterocycles. The predicted molar refractivity (Wildman–Crippen MR) is 114 cm³/mol. The summed E-state index contributed by atoms with van der Waals surface area (Å²) < 4.78 is 13.2. The van der Waals surface area contributed by atoms with Gasteiger partial charge in [0.1, 0.15) is 24.3 Å². The Hall–Kier alpha value is -2.68. The van der Waals surface area contributed by atoms with Crippen LogP contribution in [0.3, 0.4) is 0 Å². The van der Waals surface area contributed by atoms with Crippen molar-refractivity contribution >= 4 is 29.1 Å². The lowest BCUT2D eigenvalue weighted by Crippen LogP contribution is -2.26. The number of rotatable bonds is 7. The second-order valence-corrected chi connectivity index (χ2v) is 7.17. The van der Waals surface area contributed by atoms with Crippen molar-refractivity contribution in [3.05, 3.63) is 64.5 Å². The third kappa shape index (κ3) is 4.89. The van der Waals surface area contributed by atoms with E-state index < -0.39 is 11.0 Å². The number of halogens is 1. The maximum absolute atomic E-state index is 10.7. The van der Waals surface area contributed by atoms with Gasteiger partial charge in [-0.15, -0.1) is 12.4 Å². The van der Waals surface area contributed by atoms with E-state index in [0.29, 0.717) is 18.2 Å². The summed E-state index contributed by atoms with van der Waals surface area (Å²) in [5.41, 5.74) is 1.91. The maximum atomic E-state index is 10.7. The molecule has 2 heterocycles. The lowest BCUT2D eigenvalue weighted by Gasteiger charge is -2.23. The van der Waals surface area contributed by atoms with Gasteiger partial charge in [-0.25, -0.2) is 4.98 Å². The number of para-hydroxylation sites is 2. The van der Waals surface area contributed by atoms with Gasteiger partial charge in [-0.05, 0) is 37.1 Å². The summed E-state index contributed by atoms with van der Waals surface area (Å²) in [5.74, 6) is 1.76. The van der Waals surface area contributed by atoms with Crippen LogP contribution in [-0.4, -0.2) is 45.5 Å². The number of hydrogen-bond donors (Lipinski definition) is 1. The molecule has 2 aromatic carbocycles. The fourth-order valence-corrected chi connectivity index (χ4v) is 3.67. The molecule has 0 aliphatic carbocycles. The molecule has 1 aliphatic rings. The minimum absolute atomic E-state index is 0. The van der Waals surface area contributed by atoms with E-state index in [1.165, 1.54) is 24.3 Å². The van der Waals surface area contributed by atoms with Crippen molar-refractivity contribution in [2.24, 2.45) is 0 Å². The average molecular weight is 434 g/mol. The number of nitrogens with zero attached hydrogens (tertiary/aromatic N) is 3. The first-order valence-corrected chi connectivity index (χ1v) is 9.70. The van der Waals surface area contributed by atoms with Crippen molar-refractivity contribution in [1.82, 2.24) is 9.55 Å². The molecule has 3 aromatic rings. The van der Waals surface area contributed by atoms with Crippen LogP contribution in [0, 0.1) is 10.1 Å². The molecule has 160 valence electrons. The SMILES string of the molecule is Cl.O=[N+]([O-])c1ccc(OCC(O)Cn2c(C3CCOCC3)nc3ccccc32)cc1.